The van der Waals surface area contributed by atoms with Crippen LogP contribution in [0.1, 0.15) is 31.8 Å². The zero-order valence-electron chi connectivity index (χ0n) is 20.4. The summed E-state index contributed by atoms with van der Waals surface area (Å²) in [6, 6.07) is 20.9. The summed E-state index contributed by atoms with van der Waals surface area (Å²) in [7, 11) is 0. The van der Waals surface area contributed by atoms with Gasteiger partial charge < -0.3 is 25.7 Å². The van der Waals surface area contributed by atoms with Gasteiger partial charge in [0.05, 0.1) is 13.2 Å². The summed E-state index contributed by atoms with van der Waals surface area (Å²) in [5.41, 5.74) is 11.4. The summed E-state index contributed by atoms with van der Waals surface area (Å²) < 4.78 is 5.34. The molecular formula is C29H29N5O3. The van der Waals surface area contributed by atoms with Crippen LogP contribution < -0.4 is 11.1 Å². The smallest absolute Gasteiger partial charge is 0.254 e. The number of hydrogen-bond acceptors (Lipinski definition) is 4. The summed E-state index contributed by atoms with van der Waals surface area (Å²) in [5, 5.41) is 11.6. The molecule has 1 aromatic heterocycles. The summed E-state index contributed by atoms with van der Waals surface area (Å²) in [4.78, 5) is 30.5. The number of aromatic amines is 1. The second-order valence-corrected chi connectivity index (χ2v) is 9.06. The van der Waals surface area contributed by atoms with Gasteiger partial charge in [0.2, 0.25) is 0 Å². The van der Waals surface area contributed by atoms with Crippen LogP contribution in [0.4, 0.5) is 0 Å². The minimum atomic E-state index is -0.144. The molecule has 0 saturated carbocycles. The van der Waals surface area contributed by atoms with Crippen molar-refractivity contribution in [2.45, 2.75) is 6.42 Å². The predicted octanol–water partition coefficient (Wildman–Crippen LogP) is 3.56. The number of carbonyl (C=O) groups is 2. The van der Waals surface area contributed by atoms with Crippen molar-refractivity contribution in [1.29, 1.82) is 5.41 Å². The minimum absolute atomic E-state index is 0.00863. The van der Waals surface area contributed by atoms with E-state index in [0.29, 0.717) is 56.0 Å². The van der Waals surface area contributed by atoms with Crippen LogP contribution in [-0.4, -0.2) is 60.4 Å². The standard InChI is InChI=1S/C29H29N5O3/c30-27(31)25-18-33-26-9-4-19(16-24(25)26)10-11-32-28(35)21-7-5-20(6-8-21)22-2-1-3-23(17-22)29(36)34-12-14-37-15-13-34/h1-9,16-18,33H,10-15H2,(H3,30,31)(H,32,35). The Morgan fingerprint density at radius 2 is 1.76 bits per heavy atom. The van der Waals surface area contributed by atoms with Crippen molar-refractivity contribution in [2.24, 2.45) is 5.73 Å². The van der Waals surface area contributed by atoms with Crippen molar-refractivity contribution in [1.82, 2.24) is 15.2 Å². The number of benzene rings is 3. The molecule has 0 bridgehead atoms. The summed E-state index contributed by atoms with van der Waals surface area (Å²) >= 11 is 0. The molecule has 1 saturated heterocycles. The molecule has 8 nitrogen and oxygen atoms in total. The van der Waals surface area contributed by atoms with E-state index in [0.717, 1.165) is 27.6 Å². The second-order valence-electron chi connectivity index (χ2n) is 9.06. The molecule has 0 spiro atoms. The number of amides is 2. The Morgan fingerprint density at radius 3 is 2.51 bits per heavy atom. The number of morpholine rings is 1. The molecule has 2 heterocycles. The fourth-order valence-electron chi connectivity index (χ4n) is 4.56. The van der Waals surface area contributed by atoms with E-state index >= 15 is 0 Å². The highest BCUT2D eigenvalue weighted by Gasteiger charge is 2.19. The molecule has 0 aliphatic carbocycles. The number of nitrogens with one attached hydrogen (secondary N) is 3. The lowest BCUT2D eigenvalue weighted by molar-refractivity contribution is 0.0303. The number of fused-ring (bicyclic) bond motifs is 1. The number of nitrogen functional groups attached to an aromatic ring is 1. The molecule has 1 aliphatic heterocycles. The predicted molar refractivity (Wildman–Crippen MR) is 144 cm³/mol. The zero-order valence-corrected chi connectivity index (χ0v) is 20.4. The number of amidine groups is 1. The van der Waals surface area contributed by atoms with Crippen LogP contribution in [0.25, 0.3) is 22.0 Å². The summed E-state index contributed by atoms with van der Waals surface area (Å²) in [5.74, 6) is -0.111. The lowest BCUT2D eigenvalue weighted by Gasteiger charge is -2.27. The molecule has 188 valence electrons. The third-order valence-electron chi connectivity index (χ3n) is 6.62. The number of carbonyl (C=O) groups excluding carboxylic acids is 2. The molecule has 0 unspecified atom stereocenters. The Bertz CT molecular complexity index is 1450. The van der Waals surface area contributed by atoms with Gasteiger partial charge in [-0.15, -0.1) is 0 Å². The average Bonchev–Trinajstić information content (AvgIpc) is 3.37. The SMILES string of the molecule is N=C(N)c1c[nH]c2ccc(CCNC(=O)c3ccc(-c4cccc(C(=O)N5CCOCC5)c4)cc3)cc12. The van der Waals surface area contributed by atoms with E-state index in [9.17, 15) is 9.59 Å². The quantitative estimate of drug-likeness (QED) is 0.231. The van der Waals surface area contributed by atoms with Gasteiger partial charge in [0.15, 0.2) is 0 Å². The van der Waals surface area contributed by atoms with Gasteiger partial charge in [0, 0.05) is 53.4 Å². The molecule has 0 radical (unpaired) electrons. The Balaban J connectivity index is 1.20. The maximum Gasteiger partial charge on any atom is 0.254 e. The maximum absolute atomic E-state index is 12.8. The first-order valence-corrected chi connectivity index (χ1v) is 12.3. The van der Waals surface area contributed by atoms with Crippen molar-refractivity contribution in [2.75, 3.05) is 32.8 Å². The van der Waals surface area contributed by atoms with Gasteiger partial charge in [0.1, 0.15) is 5.84 Å². The first kappa shape index (κ1) is 24.3. The number of ether oxygens (including phenoxy) is 1. The van der Waals surface area contributed by atoms with Gasteiger partial charge in [-0.2, -0.15) is 0 Å². The summed E-state index contributed by atoms with van der Waals surface area (Å²) in [6.45, 7) is 2.83. The summed E-state index contributed by atoms with van der Waals surface area (Å²) in [6.07, 6.45) is 2.40. The number of nitrogens with two attached hydrogens (primary N) is 1. The highest BCUT2D eigenvalue weighted by molar-refractivity contribution is 6.07. The molecule has 37 heavy (non-hydrogen) atoms. The van der Waals surface area contributed by atoms with Gasteiger partial charge in [0.25, 0.3) is 11.8 Å². The van der Waals surface area contributed by atoms with Crippen LogP contribution >= 0.6 is 0 Å². The van der Waals surface area contributed by atoms with Crippen LogP contribution in [0.15, 0.2) is 72.9 Å². The highest BCUT2D eigenvalue weighted by atomic mass is 16.5. The fourth-order valence-corrected chi connectivity index (χ4v) is 4.56. The van der Waals surface area contributed by atoms with Crippen LogP contribution in [-0.2, 0) is 11.2 Å². The van der Waals surface area contributed by atoms with Crippen molar-refractivity contribution >= 4 is 28.6 Å². The van der Waals surface area contributed by atoms with E-state index in [4.69, 9.17) is 15.9 Å². The largest absolute Gasteiger partial charge is 0.384 e. The monoisotopic (exact) mass is 495 g/mol. The van der Waals surface area contributed by atoms with E-state index in [2.05, 4.69) is 10.3 Å². The molecule has 8 heteroatoms. The second kappa shape index (κ2) is 10.7. The van der Waals surface area contributed by atoms with E-state index in [1.54, 1.807) is 18.3 Å². The van der Waals surface area contributed by atoms with Crippen LogP contribution in [0.2, 0.25) is 0 Å². The Labute approximate surface area is 214 Å². The fraction of sp³-hybridized carbons (Fsp3) is 0.207. The molecule has 5 rings (SSSR count). The van der Waals surface area contributed by atoms with Gasteiger partial charge in [-0.05, 0) is 59.5 Å². The van der Waals surface area contributed by atoms with Crippen LogP contribution in [0.3, 0.4) is 0 Å². The first-order valence-electron chi connectivity index (χ1n) is 12.3. The lowest BCUT2D eigenvalue weighted by Crippen LogP contribution is -2.40. The highest BCUT2D eigenvalue weighted by Crippen LogP contribution is 2.23. The number of nitrogens with zero attached hydrogens (tertiary/aromatic N) is 1. The van der Waals surface area contributed by atoms with Crippen molar-refractivity contribution in [3.8, 4) is 11.1 Å². The molecule has 3 aromatic carbocycles. The Hall–Kier alpha value is -4.43. The van der Waals surface area contributed by atoms with Crippen LogP contribution in [0.5, 0.6) is 0 Å². The molecule has 0 atom stereocenters. The Morgan fingerprint density at radius 1 is 0.973 bits per heavy atom. The number of hydrogen-bond donors (Lipinski definition) is 4. The Kier molecular flexibility index (Phi) is 7.00. The third-order valence-corrected chi connectivity index (χ3v) is 6.62. The number of aromatic nitrogens is 1. The first-order chi connectivity index (χ1) is 18.0. The molecule has 5 N–H and O–H groups in total. The molecule has 4 aromatic rings. The topological polar surface area (TPSA) is 124 Å². The van der Waals surface area contributed by atoms with Crippen molar-refractivity contribution in [3.63, 3.8) is 0 Å². The normalized spacial score (nSPS) is 13.5. The van der Waals surface area contributed by atoms with Gasteiger partial charge in [-0.25, -0.2) is 0 Å². The lowest BCUT2D eigenvalue weighted by atomic mass is 10.0. The average molecular weight is 496 g/mol. The minimum Gasteiger partial charge on any atom is -0.384 e. The maximum atomic E-state index is 12.8. The van der Waals surface area contributed by atoms with Gasteiger partial charge in [-0.1, -0.05) is 30.3 Å². The molecule has 2 amide bonds. The van der Waals surface area contributed by atoms with Crippen LogP contribution in [0, 0.1) is 5.41 Å². The van der Waals surface area contributed by atoms with Crippen molar-refractivity contribution < 1.29 is 14.3 Å². The van der Waals surface area contributed by atoms with Gasteiger partial charge >= 0.3 is 0 Å². The zero-order chi connectivity index (χ0) is 25.8. The van der Waals surface area contributed by atoms with E-state index in [-0.39, 0.29) is 17.6 Å². The molecule has 1 fully saturated rings. The number of rotatable bonds is 7. The molecule has 1 aliphatic rings. The van der Waals surface area contributed by atoms with Crippen molar-refractivity contribution in [3.05, 3.63) is 95.2 Å². The van der Waals surface area contributed by atoms with E-state index in [1.807, 2.05) is 59.5 Å². The third kappa shape index (κ3) is 5.39. The number of H-pyrrole nitrogens is 1. The van der Waals surface area contributed by atoms with Gasteiger partial charge in [-0.3, -0.25) is 15.0 Å². The van der Waals surface area contributed by atoms with E-state index in [1.165, 1.54) is 0 Å². The van der Waals surface area contributed by atoms with E-state index < -0.39 is 0 Å². The molecular weight excluding hydrogens is 466 g/mol.